The molecule has 2 rings (SSSR count). The molecule has 1 aliphatic carbocycles. The predicted octanol–water partition coefficient (Wildman–Crippen LogP) is 4.97. The van der Waals surface area contributed by atoms with Crippen molar-refractivity contribution in [1.29, 1.82) is 5.41 Å². The minimum atomic E-state index is 0.468. The normalized spacial score (nSPS) is 20.9. The maximum absolute atomic E-state index is 8.19. The number of ether oxygens (including phenoxy) is 2. The number of thioether (sulfide) groups is 1. The summed E-state index contributed by atoms with van der Waals surface area (Å²) in [7, 11) is 3.38. The molecule has 0 saturated heterocycles. The van der Waals surface area contributed by atoms with Crippen LogP contribution in [-0.4, -0.2) is 24.2 Å². The fraction of sp³-hybridized carbons (Fsp3) is 0.368. The number of methoxy groups -OCH3 is 2. The summed E-state index contributed by atoms with van der Waals surface area (Å²) in [6.07, 6.45) is 11.7. The largest absolute Gasteiger partial charge is 0.500 e. The zero-order valence-electron chi connectivity index (χ0n) is 14.5. The van der Waals surface area contributed by atoms with Gasteiger partial charge < -0.3 is 9.47 Å². The van der Waals surface area contributed by atoms with Gasteiger partial charge in [0.15, 0.2) is 0 Å². The molecule has 0 bridgehead atoms. The van der Waals surface area contributed by atoms with E-state index < -0.39 is 0 Å². The molecule has 0 radical (unpaired) electrons. The summed E-state index contributed by atoms with van der Waals surface area (Å²) in [5, 5.41) is 10.6. The fourth-order valence-corrected chi connectivity index (χ4v) is 3.13. The van der Waals surface area contributed by atoms with Crippen molar-refractivity contribution in [2.75, 3.05) is 14.2 Å². The van der Waals surface area contributed by atoms with Crippen LogP contribution in [0, 0.1) is 12.3 Å². The highest BCUT2D eigenvalue weighted by Gasteiger charge is 2.13. The Hall–Kier alpha value is -2.01. The molecule has 0 fully saturated rings. The topological polar surface area (TPSA) is 55.2 Å². The van der Waals surface area contributed by atoms with E-state index in [4.69, 9.17) is 14.9 Å². The molecule has 128 valence electrons. The molecule has 4 nitrogen and oxygen atoms in total. The van der Waals surface area contributed by atoms with Crippen molar-refractivity contribution < 1.29 is 9.47 Å². The van der Waals surface area contributed by atoms with Gasteiger partial charge >= 0.3 is 0 Å². The maximum Gasteiger partial charge on any atom is 0.125 e. The van der Waals surface area contributed by atoms with Gasteiger partial charge in [-0.15, -0.1) is 0 Å². The quantitative estimate of drug-likeness (QED) is 0.605. The summed E-state index contributed by atoms with van der Waals surface area (Å²) in [5.41, 5.74) is 2.84. The van der Waals surface area contributed by atoms with Crippen LogP contribution in [0.3, 0.4) is 0 Å². The lowest BCUT2D eigenvalue weighted by molar-refractivity contribution is 0.254. The van der Waals surface area contributed by atoms with Crippen LogP contribution < -0.4 is 0 Å². The van der Waals surface area contributed by atoms with Gasteiger partial charge in [0.2, 0.25) is 0 Å². The summed E-state index contributed by atoms with van der Waals surface area (Å²) in [4.78, 5) is 4.14. The second-order valence-corrected chi connectivity index (χ2v) is 6.48. The van der Waals surface area contributed by atoms with Crippen LogP contribution in [0.25, 0.3) is 0 Å². The van der Waals surface area contributed by atoms with Gasteiger partial charge in [-0.25, -0.2) is 0 Å². The van der Waals surface area contributed by atoms with Crippen molar-refractivity contribution in [2.45, 2.75) is 32.6 Å². The Balaban J connectivity index is 2.16. The van der Waals surface area contributed by atoms with Crippen molar-refractivity contribution in [3.8, 4) is 0 Å². The molecule has 5 heteroatoms. The monoisotopic (exact) mass is 344 g/mol. The highest BCUT2D eigenvalue weighted by atomic mass is 32.2. The molecule has 1 heterocycles. The number of nitrogens with zero attached hydrogens (tertiary/aromatic N) is 1. The minimum Gasteiger partial charge on any atom is -0.500 e. The van der Waals surface area contributed by atoms with Gasteiger partial charge in [0, 0.05) is 24.4 Å². The van der Waals surface area contributed by atoms with E-state index in [0.717, 1.165) is 53.9 Å². The average Bonchev–Trinajstić information content (AvgIpc) is 2.57. The third-order valence-electron chi connectivity index (χ3n) is 3.78. The summed E-state index contributed by atoms with van der Waals surface area (Å²) in [6, 6.07) is 1.96. The molecule has 0 saturated carbocycles. The first-order valence-electron chi connectivity index (χ1n) is 8.01. The van der Waals surface area contributed by atoms with Crippen molar-refractivity contribution in [2.24, 2.45) is 0 Å². The summed E-state index contributed by atoms with van der Waals surface area (Å²) in [5.74, 6) is 1.77. The Kier molecular flexibility index (Phi) is 7.12. The van der Waals surface area contributed by atoms with Gasteiger partial charge in [-0.1, -0.05) is 11.8 Å². The number of pyridine rings is 1. The van der Waals surface area contributed by atoms with Crippen LogP contribution in [0.4, 0.5) is 0 Å². The zero-order valence-corrected chi connectivity index (χ0v) is 15.3. The van der Waals surface area contributed by atoms with Crippen molar-refractivity contribution in [3.63, 3.8) is 0 Å². The maximum atomic E-state index is 8.19. The summed E-state index contributed by atoms with van der Waals surface area (Å²) < 4.78 is 11.1. The van der Waals surface area contributed by atoms with E-state index in [-0.39, 0.29) is 0 Å². The number of rotatable bonds is 5. The Morgan fingerprint density at radius 1 is 1.25 bits per heavy atom. The molecular weight excluding hydrogens is 320 g/mol. The molecule has 0 amide bonds. The molecule has 24 heavy (non-hydrogen) atoms. The van der Waals surface area contributed by atoms with Crippen molar-refractivity contribution in [3.05, 3.63) is 64.2 Å². The second-order valence-electron chi connectivity index (χ2n) is 5.56. The summed E-state index contributed by atoms with van der Waals surface area (Å²) in [6.45, 7) is 1.98. The third kappa shape index (κ3) is 4.99. The number of hydrogen-bond acceptors (Lipinski definition) is 5. The lowest BCUT2D eigenvalue weighted by atomic mass is 10.0. The van der Waals surface area contributed by atoms with E-state index in [9.17, 15) is 0 Å². The Labute approximate surface area is 148 Å². The van der Waals surface area contributed by atoms with E-state index in [1.165, 1.54) is 11.8 Å². The molecular formula is C19H24N2O2S. The van der Waals surface area contributed by atoms with Gasteiger partial charge in [-0.05, 0) is 55.4 Å². The van der Waals surface area contributed by atoms with Crippen molar-refractivity contribution in [1.82, 2.24) is 4.98 Å². The zero-order chi connectivity index (χ0) is 17.4. The Morgan fingerprint density at radius 3 is 2.79 bits per heavy atom. The van der Waals surface area contributed by atoms with Crippen LogP contribution >= 0.6 is 11.8 Å². The Bertz CT molecular complexity index is 678. The van der Waals surface area contributed by atoms with Gasteiger partial charge in [0.05, 0.1) is 24.8 Å². The lowest BCUT2D eigenvalue weighted by Crippen LogP contribution is -2.01. The standard InChI is InChI=1S/C19H24N2O2S/c1-14-11-15(13-21-12-14)19(20)24-10-9-16-17(22-2)7-5-4-6-8-18(16)23-3/h7,9-13,20H,4-6,8H2,1-3H3/b10-9+,17-7+,18-16+,20-19?. The van der Waals surface area contributed by atoms with E-state index in [2.05, 4.69) is 11.1 Å². The van der Waals surface area contributed by atoms with Gasteiger partial charge in [-0.2, -0.15) is 0 Å². The van der Waals surface area contributed by atoms with Crippen LogP contribution in [0.2, 0.25) is 0 Å². The number of aromatic nitrogens is 1. The molecule has 0 spiro atoms. The average molecular weight is 344 g/mol. The molecule has 1 aliphatic rings. The highest BCUT2D eigenvalue weighted by Crippen LogP contribution is 2.27. The van der Waals surface area contributed by atoms with Crippen LogP contribution in [0.15, 0.2) is 53.1 Å². The van der Waals surface area contributed by atoms with Crippen LogP contribution in [0.5, 0.6) is 0 Å². The van der Waals surface area contributed by atoms with Gasteiger partial charge in [0.1, 0.15) is 11.5 Å². The number of nitrogens with one attached hydrogen (secondary N) is 1. The number of hydrogen-bond donors (Lipinski definition) is 1. The molecule has 0 aromatic carbocycles. The van der Waals surface area contributed by atoms with E-state index >= 15 is 0 Å². The van der Waals surface area contributed by atoms with Crippen LogP contribution in [-0.2, 0) is 9.47 Å². The van der Waals surface area contributed by atoms with E-state index in [1.807, 2.05) is 24.5 Å². The lowest BCUT2D eigenvalue weighted by Gasteiger charge is -2.16. The van der Waals surface area contributed by atoms with E-state index in [1.54, 1.807) is 26.6 Å². The molecule has 0 aliphatic heterocycles. The van der Waals surface area contributed by atoms with Crippen molar-refractivity contribution >= 4 is 16.8 Å². The first-order chi connectivity index (χ1) is 11.7. The molecule has 1 N–H and O–H groups in total. The predicted molar refractivity (Wildman–Crippen MR) is 100 cm³/mol. The fourth-order valence-electron chi connectivity index (χ4n) is 2.54. The van der Waals surface area contributed by atoms with Gasteiger partial charge in [0.25, 0.3) is 0 Å². The second kappa shape index (κ2) is 9.33. The number of aryl methyl sites for hydroxylation is 1. The highest BCUT2D eigenvalue weighted by molar-refractivity contribution is 8.16. The first kappa shape index (κ1) is 18.3. The Morgan fingerprint density at radius 2 is 2.08 bits per heavy atom. The minimum absolute atomic E-state index is 0.468. The molecule has 0 atom stereocenters. The number of allylic oxidation sites excluding steroid dienone is 3. The third-order valence-corrected chi connectivity index (χ3v) is 4.52. The van der Waals surface area contributed by atoms with E-state index in [0.29, 0.717) is 5.04 Å². The molecule has 0 unspecified atom stereocenters. The van der Waals surface area contributed by atoms with Crippen LogP contribution in [0.1, 0.15) is 36.8 Å². The van der Waals surface area contributed by atoms with Gasteiger partial charge in [-0.3, -0.25) is 10.4 Å². The molecule has 1 aromatic rings. The SMILES string of the molecule is CO/C1=C/CCCC/C(OC)=C1/C=C/SC(=N)c1cncc(C)c1. The summed E-state index contributed by atoms with van der Waals surface area (Å²) >= 11 is 1.36. The molecule has 1 aromatic heterocycles. The first-order valence-corrected chi connectivity index (χ1v) is 8.89. The smallest absolute Gasteiger partial charge is 0.125 e.